The summed E-state index contributed by atoms with van der Waals surface area (Å²) in [6.07, 6.45) is 2.33. The van der Waals surface area contributed by atoms with E-state index >= 15 is 0 Å². The highest BCUT2D eigenvalue weighted by molar-refractivity contribution is 6.30. The van der Waals surface area contributed by atoms with Gasteiger partial charge < -0.3 is 10.1 Å². The molecule has 1 saturated heterocycles. The average molecular weight is 441 g/mol. The fraction of sp³-hybridized carbons (Fsp3) is 0.364. The number of likely N-dealkylation sites (tertiary alicyclic amines) is 1. The number of carbonyl (C=O) groups excluding carboxylic acids is 1. The molecule has 3 aromatic rings. The molecule has 0 radical (unpaired) electrons. The van der Waals surface area contributed by atoms with E-state index in [-0.39, 0.29) is 18.5 Å². The maximum Gasteiger partial charge on any atom is 0.243 e. The van der Waals surface area contributed by atoms with Gasteiger partial charge in [-0.15, -0.1) is 10.2 Å². The zero-order valence-corrected chi connectivity index (χ0v) is 18.1. The van der Waals surface area contributed by atoms with Crippen LogP contribution >= 0.6 is 11.6 Å². The van der Waals surface area contributed by atoms with Gasteiger partial charge >= 0.3 is 0 Å². The van der Waals surface area contributed by atoms with Gasteiger partial charge in [-0.3, -0.25) is 9.69 Å². The number of methoxy groups -OCH3 is 1. The van der Waals surface area contributed by atoms with Crippen LogP contribution in [0.2, 0.25) is 5.02 Å². The van der Waals surface area contributed by atoms with Crippen molar-refractivity contribution >= 4 is 17.5 Å². The molecule has 0 bridgehead atoms. The molecular formula is C22H25ClN6O2. The standard InChI is InChI=1S/C22H25ClN6O2/c1-31-20-7-3-2-6-18(20)19(28-12-4-5-13-28)14-24-21(30)15-29-26-22(25-27-29)16-8-10-17(23)11-9-16/h2-3,6-11,19H,4-5,12-15H2,1H3,(H,24,30). The Hall–Kier alpha value is -2.97. The van der Waals surface area contributed by atoms with Gasteiger partial charge in [0.2, 0.25) is 11.7 Å². The van der Waals surface area contributed by atoms with E-state index in [0.29, 0.717) is 17.4 Å². The third kappa shape index (κ3) is 5.21. The molecule has 1 amide bonds. The quantitative estimate of drug-likeness (QED) is 0.579. The molecule has 162 valence electrons. The largest absolute Gasteiger partial charge is 0.496 e. The van der Waals surface area contributed by atoms with Crippen LogP contribution in [0.3, 0.4) is 0 Å². The molecule has 9 heteroatoms. The van der Waals surface area contributed by atoms with Crippen molar-refractivity contribution in [1.82, 2.24) is 30.4 Å². The minimum Gasteiger partial charge on any atom is -0.496 e. The Morgan fingerprint density at radius 2 is 1.90 bits per heavy atom. The van der Waals surface area contributed by atoms with Crippen LogP contribution in [0.15, 0.2) is 48.5 Å². The van der Waals surface area contributed by atoms with Gasteiger partial charge in [-0.2, -0.15) is 4.80 Å². The first-order valence-electron chi connectivity index (χ1n) is 10.3. The van der Waals surface area contributed by atoms with Crippen LogP contribution < -0.4 is 10.1 Å². The van der Waals surface area contributed by atoms with E-state index in [9.17, 15) is 4.79 Å². The maximum atomic E-state index is 12.6. The second-order valence-corrected chi connectivity index (χ2v) is 7.89. The maximum absolute atomic E-state index is 12.6. The Bertz CT molecular complexity index is 1020. The Labute approximate surface area is 186 Å². The number of nitrogens with zero attached hydrogens (tertiary/aromatic N) is 5. The lowest BCUT2D eigenvalue weighted by atomic mass is 10.0. The lowest BCUT2D eigenvalue weighted by Crippen LogP contribution is -2.38. The van der Waals surface area contributed by atoms with E-state index in [1.54, 1.807) is 19.2 Å². The zero-order valence-electron chi connectivity index (χ0n) is 17.4. The number of hydrogen-bond donors (Lipinski definition) is 1. The van der Waals surface area contributed by atoms with Gasteiger partial charge in [-0.1, -0.05) is 29.8 Å². The summed E-state index contributed by atoms with van der Waals surface area (Å²) >= 11 is 5.92. The minimum atomic E-state index is -0.167. The molecule has 1 atom stereocenters. The average Bonchev–Trinajstić information content (AvgIpc) is 3.47. The topological polar surface area (TPSA) is 85.2 Å². The van der Waals surface area contributed by atoms with Crippen LogP contribution in [0.4, 0.5) is 0 Å². The number of rotatable bonds is 8. The zero-order chi connectivity index (χ0) is 21.6. The van der Waals surface area contributed by atoms with Gasteiger partial charge in [0, 0.05) is 22.7 Å². The molecule has 1 aliphatic heterocycles. The summed E-state index contributed by atoms with van der Waals surface area (Å²) in [5.41, 5.74) is 1.87. The molecule has 0 aliphatic carbocycles. The van der Waals surface area contributed by atoms with Crippen molar-refractivity contribution in [3.63, 3.8) is 0 Å². The lowest BCUT2D eigenvalue weighted by Gasteiger charge is -2.29. The first-order valence-corrected chi connectivity index (χ1v) is 10.7. The second-order valence-electron chi connectivity index (χ2n) is 7.46. The van der Waals surface area contributed by atoms with Crippen LogP contribution in [0.1, 0.15) is 24.4 Å². The molecule has 1 N–H and O–H groups in total. The Morgan fingerprint density at radius 3 is 2.65 bits per heavy atom. The van der Waals surface area contributed by atoms with Crippen molar-refractivity contribution < 1.29 is 9.53 Å². The first kappa shape index (κ1) is 21.3. The van der Waals surface area contributed by atoms with Crippen LogP contribution in [0.25, 0.3) is 11.4 Å². The number of halogens is 1. The third-order valence-corrected chi connectivity index (χ3v) is 5.66. The summed E-state index contributed by atoms with van der Waals surface area (Å²) in [5, 5.41) is 16.0. The van der Waals surface area contributed by atoms with Gasteiger partial charge in [0.15, 0.2) is 0 Å². The molecule has 1 fully saturated rings. The number of nitrogens with one attached hydrogen (secondary N) is 1. The van der Waals surface area contributed by atoms with E-state index in [0.717, 1.165) is 42.8 Å². The van der Waals surface area contributed by atoms with E-state index in [2.05, 4.69) is 31.7 Å². The fourth-order valence-electron chi connectivity index (χ4n) is 3.85. The van der Waals surface area contributed by atoms with Crippen molar-refractivity contribution in [1.29, 1.82) is 0 Å². The SMILES string of the molecule is COc1ccccc1C(CNC(=O)Cn1nnc(-c2ccc(Cl)cc2)n1)N1CCCC1. The summed E-state index contributed by atoms with van der Waals surface area (Å²) in [6.45, 7) is 2.50. The number of hydrogen-bond acceptors (Lipinski definition) is 6. The monoisotopic (exact) mass is 440 g/mol. The molecule has 8 nitrogen and oxygen atoms in total. The molecule has 4 rings (SSSR count). The minimum absolute atomic E-state index is 0.000760. The second kappa shape index (κ2) is 9.89. The van der Waals surface area contributed by atoms with Crippen molar-refractivity contribution in [2.24, 2.45) is 0 Å². The Balaban J connectivity index is 1.41. The summed E-state index contributed by atoms with van der Waals surface area (Å²) in [7, 11) is 1.67. The number of benzene rings is 2. The van der Waals surface area contributed by atoms with E-state index in [4.69, 9.17) is 16.3 Å². The van der Waals surface area contributed by atoms with Crippen LogP contribution in [0.5, 0.6) is 5.75 Å². The first-order chi connectivity index (χ1) is 15.1. The highest BCUT2D eigenvalue weighted by Crippen LogP contribution is 2.31. The smallest absolute Gasteiger partial charge is 0.243 e. The molecule has 2 heterocycles. The fourth-order valence-corrected chi connectivity index (χ4v) is 3.98. The normalized spacial score (nSPS) is 15.0. The van der Waals surface area contributed by atoms with E-state index in [1.165, 1.54) is 4.80 Å². The highest BCUT2D eigenvalue weighted by atomic mass is 35.5. The van der Waals surface area contributed by atoms with E-state index < -0.39 is 0 Å². The van der Waals surface area contributed by atoms with Gasteiger partial charge in [0.25, 0.3) is 0 Å². The number of tetrazole rings is 1. The molecule has 1 aromatic heterocycles. The molecule has 1 aliphatic rings. The number of amides is 1. The summed E-state index contributed by atoms with van der Waals surface area (Å²) < 4.78 is 5.56. The van der Waals surface area contributed by atoms with Crippen molar-refractivity contribution in [3.8, 4) is 17.1 Å². The van der Waals surface area contributed by atoms with Gasteiger partial charge in [-0.05, 0) is 61.5 Å². The van der Waals surface area contributed by atoms with Crippen molar-refractivity contribution in [2.45, 2.75) is 25.4 Å². The molecule has 2 aromatic carbocycles. The van der Waals surface area contributed by atoms with Crippen LogP contribution in [-0.4, -0.2) is 57.8 Å². The predicted molar refractivity (Wildman–Crippen MR) is 118 cm³/mol. The Kier molecular flexibility index (Phi) is 6.79. The number of carbonyl (C=O) groups is 1. The number of para-hydroxylation sites is 1. The Morgan fingerprint density at radius 1 is 1.16 bits per heavy atom. The lowest BCUT2D eigenvalue weighted by molar-refractivity contribution is -0.122. The van der Waals surface area contributed by atoms with Gasteiger partial charge in [0.05, 0.1) is 13.2 Å². The van der Waals surface area contributed by atoms with Crippen molar-refractivity contribution in [2.75, 3.05) is 26.7 Å². The predicted octanol–water partition coefficient (Wildman–Crippen LogP) is 2.96. The molecule has 31 heavy (non-hydrogen) atoms. The summed E-state index contributed by atoms with van der Waals surface area (Å²) in [6, 6.07) is 15.2. The number of ether oxygens (including phenoxy) is 1. The van der Waals surface area contributed by atoms with Gasteiger partial charge in [0.1, 0.15) is 12.3 Å². The van der Waals surface area contributed by atoms with E-state index in [1.807, 2.05) is 30.3 Å². The summed E-state index contributed by atoms with van der Waals surface area (Å²) in [5.74, 6) is 1.12. The molecule has 1 unspecified atom stereocenters. The van der Waals surface area contributed by atoms with Gasteiger partial charge in [-0.25, -0.2) is 0 Å². The van der Waals surface area contributed by atoms with Crippen LogP contribution in [0, 0.1) is 0 Å². The molecule has 0 spiro atoms. The highest BCUT2D eigenvalue weighted by Gasteiger charge is 2.26. The third-order valence-electron chi connectivity index (χ3n) is 5.41. The molecule has 0 saturated carbocycles. The molecular weight excluding hydrogens is 416 g/mol. The van der Waals surface area contributed by atoms with Crippen LogP contribution in [-0.2, 0) is 11.3 Å². The summed E-state index contributed by atoms with van der Waals surface area (Å²) in [4.78, 5) is 16.3. The van der Waals surface area contributed by atoms with Crippen molar-refractivity contribution in [3.05, 3.63) is 59.1 Å². The number of aromatic nitrogens is 4.